The van der Waals surface area contributed by atoms with E-state index in [-0.39, 0.29) is 19.6 Å². The third kappa shape index (κ3) is 5.71. The smallest absolute Gasteiger partial charge is 0.449 e. The number of alkyl halides is 3. The molecule has 4 nitrogen and oxygen atoms in total. The van der Waals surface area contributed by atoms with Crippen LogP contribution in [0.3, 0.4) is 0 Å². The first-order chi connectivity index (χ1) is 8.93. The lowest BCUT2D eigenvalue weighted by Gasteiger charge is -2.07. The van der Waals surface area contributed by atoms with E-state index in [1.165, 1.54) is 0 Å². The Hall–Kier alpha value is -1.60. The second kappa shape index (κ2) is 7.10. The fraction of sp³-hybridized carbons (Fsp3) is 0.417. The normalized spacial score (nSPS) is 11.4. The van der Waals surface area contributed by atoms with E-state index in [1.807, 2.05) is 5.48 Å². The van der Waals surface area contributed by atoms with Gasteiger partial charge in [0.25, 0.3) is 0 Å². The highest BCUT2D eigenvalue weighted by molar-refractivity contribution is 5.84. The Morgan fingerprint density at radius 3 is 2.42 bits per heavy atom. The molecule has 0 spiro atoms. The minimum Gasteiger partial charge on any atom is -0.492 e. The number of carbonyl (C=O) groups is 1. The van der Waals surface area contributed by atoms with Gasteiger partial charge >= 0.3 is 6.18 Å². The van der Waals surface area contributed by atoms with Gasteiger partial charge in [0.15, 0.2) is 0 Å². The van der Waals surface area contributed by atoms with E-state index in [0.717, 1.165) is 0 Å². The van der Waals surface area contributed by atoms with Gasteiger partial charge in [-0.15, -0.1) is 0 Å². The van der Waals surface area contributed by atoms with Gasteiger partial charge in [-0.25, -0.2) is 5.48 Å². The van der Waals surface area contributed by atoms with Crippen molar-refractivity contribution < 1.29 is 27.9 Å². The van der Waals surface area contributed by atoms with E-state index in [2.05, 4.69) is 0 Å². The predicted octanol–water partition coefficient (Wildman–Crippen LogP) is 2.11. The summed E-state index contributed by atoms with van der Waals surface area (Å²) < 4.78 is 41.2. The van der Waals surface area contributed by atoms with Gasteiger partial charge in [0.05, 0.1) is 6.54 Å². The molecule has 0 aromatic heterocycles. The lowest BCUT2D eigenvalue weighted by molar-refractivity contribution is -0.171. The molecule has 0 atom stereocenters. The minimum atomic E-state index is -4.76. The number of benzene rings is 1. The number of hydrogen-bond acceptors (Lipinski definition) is 4. The van der Waals surface area contributed by atoms with Crippen molar-refractivity contribution in [2.24, 2.45) is 0 Å². The number of rotatable bonds is 7. The Bertz CT molecular complexity index is 404. The van der Waals surface area contributed by atoms with E-state index in [9.17, 15) is 18.0 Å². The van der Waals surface area contributed by atoms with E-state index >= 15 is 0 Å². The summed E-state index contributed by atoms with van der Waals surface area (Å²) in [4.78, 5) is 10.7. The quantitative estimate of drug-likeness (QED) is 0.592. The van der Waals surface area contributed by atoms with Crippen LogP contribution in [-0.4, -0.2) is 30.3 Å². The second-order valence-electron chi connectivity index (χ2n) is 3.82. The molecule has 0 saturated heterocycles. The molecule has 0 aliphatic rings. The van der Waals surface area contributed by atoms with Crippen LogP contribution in [0, 0.1) is 0 Å². The molecule has 19 heavy (non-hydrogen) atoms. The number of ketones is 1. The van der Waals surface area contributed by atoms with Gasteiger partial charge in [0.2, 0.25) is 5.78 Å². The van der Waals surface area contributed by atoms with Crippen molar-refractivity contribution in [2.45, 2.75) is 19.0 Å². The van der Waals surface area contributed by atoms with Crippen LogP contribution in [0.15, 0.2) is 24.3 Å². The number of aryl methyl sites for hydroxylation is 1. The van der Waals surface area contributed by atoms with Gasteiger partial charge in [0, 0.05) is 6.42 Å². The third-order valence-corrected chi connectivity index (χ3v) is 2.36. The molecule has 0 radical (unpaired) electrons. The summed E-state index contributed by atoms with van der Waals surface area (Å²) in [7, 11) is 0. The number of halogens is 3. The maximum atomic E-state index is 12.0. The SMILES string of the molecule is O=C(CCc1ccc(OCCNO)cc1)C(F)(F)F. The fourth-order valence-corrected chi connectivity index (χ4v) is 1.37. The summed E-state index contributed by atoms with van der Waals surface area (Å²) in [6, 6.07) is 6.41. The Morgan fingerprint density at radius 1 is 1.26 bits per heavy atom. The van der Waals surface area contributed by atoms with Crippen molar-refractivity contribution >= 4 is 5.78 Å². The summed E-state index contributed by atoms with van der Waals surface area (Å²) in [6.45, 7) is 0.532. The molecule has 0 unspecified atom stereocenters. The van der Waals surface area contributed by atoms with Crippen molar-refractivity contribution in [3.8, 4) is 5.75 Å². The summed E-state index contributed by atoms with van der Waals surface area (Å²) in [6.07, 6.45) is -5.28. The van der Waals surface area contributed by atoms with Crippen LogP contribution < -0.4 is 10.2 Å². The summed E-state index contributed by atoms with van der Waals surface area (Å²) >= 11 is 0. The van der Waals surface area contributed by atoms with Gasteiger partial charge in [-0.3, -0.25) is 4.79 Å². The van der Waals surface area contributed by atoms with Crippen LogP contribution in [0.2, 0.25) is 0 Å². The van der Waals surface area contributed by atoms with Crippen molar-refractivity contribution in [3.05, 3.63) is 29.8 Å². The van der Waals surface area contributed by atoms with E-state index in [0.29, 0.717) is 11.3 Å². The Labute approximate surface area is 108 Å². The number of hydroxylamine groups is 1. The van der Waals surface area contributed by atoms with Crippen molar-refractivity contribution in [1.82, 2.24) is 5.48 Å². The molecule has 0 saturated carbocycles. The molecule has 0 aliphatic carbocycles. The van der Waals surface area contributed by atoms with Crippen LogP contribution in [0.25, 0.3) is 0 Å². The van der Waals surface area contributed by atoms with E-state index in [4.69, 9.17) is 9.94 Å². The fourth-order valence-electron chi connectivity index (χ4n) is 1.37. The number of hydrogen-bond donors (Lipinski definition) is 2. The Balaban J connectivity index is 2.42. The molecule has 0 bridgehead atoms. The summed E-state index contributed by atoms with van der Waals surface area (Å²) in [5.41, 5.74) is 2.56. The first-order valence-electron chi connectivity index (χ1n) is 5.62. The van der Waals surface area contributed by atoms with Crippen LogP contribution in [0.5, 0.6) is 5.75 Å². The van der Waals surface area contributed by atoms with Gasteiger partial charge in [-0.05, 0) is 24.1 Å². The average molecular weight is 277 g/mol. The van der Waals surface area contributed by atoms with Crippen LogP contribution in [0.1, 0.15) is 12.0 Å². The van der Waals surface area contributed by atoms with E-state index in [1.54, 1.807) is 24.3 Å². The zero-order valence-corrected chi connectivity index (χ0v) is 10.0. The highest BCUT2D eigenvalue weighted by Gasteiger charge is 2.37. The maximum Gasteiger partial charge on any atom is 0.449 e. The molecular formula is C12H14F3NO3. The summed E-state index contributed by atoms with van der Waals surface area (Å²) in [5, 5.41) is 8.32. The first kappa shape index (κ1) is 15.5. The molecule has 0 heterocycles. The number of carbonyl (C=O) groups excluding carboxylic acids is 1. The molecule has 106 valence electrons. The molecule has 0 aliphatic heterocycles. The predicted molar refractivity (Wildman–Crippen MR) is 61.1 cm³/mol. The lowest BCUT2D eigenvalue weighted by Crippen LogP contribution is -2.22. The Morgan fingerprint density at radius 2 is 1.89 bits per heavy atom. The molecule has 1 rings (SSSR count). The monoisotopic (exact) mass is 277 g/mol. The molecule has 7 heteroatoms. The third-order valence-electron chi connectivity index (χ3n) is 2.36. The number of Topliss-reactive ketones (excluding diaryl/α,β-unsaturated/α-hetero) is 1. The molecule has 0 amide bonds. The largest absolute Gasteiger partial charge is 0.492 e. The first-order valence-corrected chi connectivity index (χ1v) is 5.62. The molecule has 2 N–H and O–H groups in total. The molecule has 0 fully saturated rings. The standard InChI is InChI=1S/C12H14F3NO3/c13-12(14,15)11(17)6-3-9-1-4-10(5-2-9)19-8-7-16-18/h1-2,4-5,16,18H,3,6-8H2. The van der Waals surface area contributed by atoms with Gasteiger partial charge < -0.3 is 9.94 Å². The summed E-state index contributed by atoms with van der Waals surface area (Å²) in [5.74, 6) is -1.18. The average Bonchev–Trinajstić information content (AvgIpc) is 2.36. The zero-order chi connectivity index (χ0) is 14.3. The van der Waals surface area contributed by atoms with Crippen LogP contribution in [0.4, 0.5) is 13.2 Å². The second-order valence-corrected chi connectivity index (χ2v) is 3.82. The maximum absolute atomic E-state index is 12.0. The van der Waals surface area contributed by atoms with Crippen molar-refractivity contribution in [1.29, 1.82) is 0 Å². The highest BCUT2D eigenvalue weighted by Crippen LogP contribution is 2.20. The van der Waals surface area contributed by atoms with Gasteiger partial charge in [-0.1, -0.05) is 12.1 Å². The minimum absolute atomic E-state index is 0.0385. The Kier molecular flexibility index (Phi) is 5.78. The topological polar surface area (TPSA) is 58.6 Å². The number of ether oxygens (including phenoxy) is 1. The molecule has 1 aromatic rings. The van der Waals surface area contributed by atoms with E-state index < -0.39 is 18.4 Å². The van der Waals surface area contributed by atoms with Crippen LogP contribution in [-0.2, 0) is 11.2 Å². The highest BCUT2D eigenvalue weighted by atomic mass is 19.4. The van der Waals surface area contributed by atoms with Crippen molar-refractivity contribution in [2.75, 3.05) is 13.2 Å². The molecular weight excluding hydrogens is 263 g/mol. The number of nitrogens with one attached hydrogen (secondary N) is 1. The zero-order valence-electron chi connectivity index (χ0n) is 10.0. The van der Waals surface area contributed by atoms with Gasteiger partial charge in [0.1, 0.15) is 12.4 Å². The van der Waals surface area contributed by atoms with Crippen molar-refractivity contribution in [3.63, 3.8) is 0 Å². The van der Waals surface area contributed by atoms with Gasteiger partial charge in [-0.2, -0.15) is 13.2 Å². The lowest BCUT2D eigenvalue weighted by atomic mass is 10.1. The molecule has 1 aromatic carbocycles. The van der Waals surface area contributed by atoms with Crippen LogP contribution >= 0.6 is 0 Å².